The topological polar surface area (TPSA) is 43.1 Å². The van der Waals surface area contributed by atoms with Gasteiger partial charge in [-0.2, -0.15) is 0 Å². The van der Waals surface area contributed by atoms with E-state index in [1.54, 1.807) is 0 Å². The molecule has 0 heterocycles. The summed E-state index contributed by atoms with van der Waals surface area (Å²) in [5.41, 5.74) is 5.62. The molecule has 0 aromatic carbocycles. The molecule has 1 saturated carbocycles. The minimum absolute atomic E-state index is 0.285. The van der Waals surface area contributed by atoms with Gasteiger partial charge in [-0.05, 0) is 45.4 Å². The van der Waals surface area contributed by atoms with E-state index in [1.807, 2.05) is 13.8 Å². The van der Waals surface area contributed by atoms with Gasteiger partial charge in [-0.15, -0.1) is 0 Å². The lowest BCUT2D eigenvalue weighted by Crippen LogP contribution is -2.41. The highest BCUT2D eigenvalue weighted by atomic mass is 32.2. The molecule has 1 aliphatic rings. The fourth-order valence-corrected chi connectivity index (χ4v) is 4.05. The summed E-state index contributed by atoms with van der Waals surface area (Å²) in [6.45, 7) is 6.18. The fraction of sp³-hybridized carbons (Fsp3) is 1.00. The molecule has 0 aliphatic heterocycles. The quantitative estimate of drug-likeness (QED) is 0.807. The maximum absolute atomic E-state index is 12.0. The van der Waals surface area contributed by atoms with Crippen molar-refractivity contribution in [2.24, 2.45) is 11.7 Å². The number of hydrogen-bond acceptors (Lipinski definition) is 2. The molecule has 0 aromatic heterocycles. The average Bonchev–Trinajstić information content (AvgIpc) is 2.15. The number of rotatable bonds is 4. The van der Waals surface area contributed by atoms with Crippen LogP contribution in [-0.4, -0.2) is 20.8 Å². The standard InChI is InChI=1S/C12H25NOS/c1-4-10-5-7-11(8-6-10)15(14)9-12(2,3)13/h10-11H,4-9,13H2,1-3H3. The molecule has 0 aromatic rings. The Labute approximate surface area is 96.5 Å². The van der Waals surface area contributed by atoms with Crippen molar-refractivity contribution in [2.45, 2.75) is 63.7 Å². The molecule has 2 nitrogen and oxygen atoms in total. The second kappa shape index (κ2) is 5.44. The normalized spacial score (nSPS) is 30.1. The monoisotopic (exact) mass is 231 g/mol. The van der Waals surface area contributed by atoms with Crippen molar-refractivity contribution < 1.29 is 4.21 Å². The second-order valence-electron chi connectivity index (χ2n) is 5.56. The lowest BCUT2D eigenvalue weighted by Gasteiger charge is -2.29. The summed E-state index contributed by atoms with van der Waals surface area (Å²) < 4.78 is 12.0. The first kappa shape index (κ1) is 13.2. The van der Waals surface area contributed by atoms with E-state index in [1.165, 1.54) is 19.3 Å². The number of nitrogens with two attached hydrogens (primary N) is 1. The highest BCUT2D eigenvalue weighted by molar-refractivity contribution is 7.85. The molecule has 15 heavy (non-hydrogen) atoms. The summed E-state index contributed by atoms with van der Waals surface area (Å²) in [6.07, 6.45) is 6.08. The Balaban J connectivity index is 2.37. The first-order valence-electron chi connectivity index (χ1n) is 6.08. The molecule has 1 fully saturated rings. The zero-order valence-electron chi connectivity index (χ0n) is 10.3. The fourth-order valence-electron chi connectivity index (χ4n) is 2.29. The van der Waals surface area contributed by atoms with Crippen molar-refractivity contribution in [3.63, 3.8) is 0 Å². The van der Waals surface area contributed by atoms with Gasteiger partial charge in [0.1, 0.15) is 0 Å². The lowest BCUT2D eigenvalue weighted by atomic mass is 9.87. The van der Waals surface area contributed by atoms with Gasteiger partial charge in [0.15, 0.2) is 0 Å². The van der Waals surface area contributed by atoms with E-state index < -0.39 is 10.8 Å². The van der Waals surface area contributed by atoms with Gasteiger partial charge in [0, 0.05) is 27.3 Å². The van der Waals surface area contributed by atoms with Crippen molar-refractivity contribution in [3.8, 4) is 0 Å². The number of hydrogen-bond donors (Lipinski definition) is 1. The highest BCUT2D eigenvalue weighted by Crippen LogP contribution is 2.29. The van der Waals surface area contributed by atoms with Crippen LogP contribution >= 0.6 is 0 Å². The van der Waals surface area contributed by atoms with Crippen LogP contribution in [0.2, 0.25) is 0 Å². The van der Waals surface area contributed by atoms with Gasteiger partial charge in [-0.1, -0.05) is 13.3 Å². The SMILES string of the molecule is CCC1CCC(S(=O)CC(C)(C)N)CC1. The van der Waals surface area contributed by atoms with Crippen molar-refractivity contribution >= 4 is 10.8 Å². The second-order valence-corrected chi connectivity index (χ2v) is 7.28. The minimum atomic E-state index is -0.718. The molecule has 0 amide bonds. The summed E-state index contributed by atoms with van der Waals surface area (Å²) in [4.78, 5) is 0. The average molecular weight is 231 g/mol. The largest absolute Gasteiger partial charge is 0.325 e. The van der Waals surface area contributed by atoms with Crippen molar-refractivity contribution in [2.75, 3.05) is 5.75 Å². The van der Waals surface area contributed by atoms with Gasteiger partial charge in [-0.3, -0.25) is 4.21 Å². The molecule has 1 atom stereocenters. The van der Waals surface area contributed by atoms with E-state index in [0.29, 0.717) is 11.0 Å². The molecular formula is C12H25NOS. The molecule has 1 aliphatic carbocycles. The Hall–Kier alpha value is 0.110. The lowest BCUT2D eigenvalue weighted by molar-refractivity contribution is 0.352. The first-order valence-corrected chi connectivity index (χ1v) is 7.46. The van der Waals surface area contributed by atoms with Crippen LogP contribution in [0.5, 0.6) is 0 Å². The summed E-state index contributed by atoms with van der Waals surface area (Å²) in [5, 5.41) is 0.413. The van der Waals surface area contributed by atoms with E-state index in [-0.39, 0.29) is 5.54 Å². The minimum Gasteiger partial charge on any atom is -0.325 e. The van der Waals surface area contributed by atoms with Crippen molar-refractivity contribution in [1.82, 2.24) is 0 Å². The Kier molecular flexibility index (Phi) is 4.78. The Morgan fingerprint density at radius 3 is 2.20 bits per heavy atom. The van der Waals surface area contributed by atoms with Gasteiger partial charge in [-0.25, -0.2) is 0 Å². The van der Waals surface area contributed by atoms with Crippen LogP contribution < -0.4 is 5.73 Å². The van der Waals surface area contributed by atoms with Gasteiger partial charge >= 0.3 is 0 Å². The predicted molar refractivity (Wildman–Crippen MR) is 67.3 cm³/mol. The van der Waals surface area contributed by atoms with Gasteiger partial charge in [0.2, 0.25) is 0 Å². The molecule has 1 rings (SSSR count). The van der Waals surface area contributed by atoms with E-state index in [9.17, 15) is 4.21 Å². The Morgan fingerprint density at radius 2 is 1.80 bits per heavy atom. The molecule has 0 saturated heterocycles. The van der Waals surface area contributed by atoms with Gasteiger partial charge < -0.3 is 5.73 Å². The Bertz CT molecular complexity index is 214. The van der Waals surface area contributed by atoms with Crippen LogP contribution in [0.4, 0.5) is 0 Å². The molecule has 2 N–H and O–H groups in total. The van der Waals surface area contributed by atoms with Crippen LogP contribution in [0.25, 0.3) is 0 Å². The van der Waals surface area contributed by atoms with Gasteiger partial charge in [0.05, 0.1) is 0 Å². The van der Waals surface area contributed by atoms with Gasteiger partial charge in [0.25, 0.3) is 0 Å². The maximum Gasteiger partial charge on any atom is 0.0412 e. The third-order valence-electron chi connectivity index (χ3n) is 3.26. The van der Waals surface area contributed by atoms with E-state index >= 15 is 0 Å². The zero-order chi connectivity index (χ0) is 11.5. The smallest absolute Gasteiger partial charge is 0.0412 e. The molecule has 3 heteroatoms. The van der Waals surface area contributed by atoms with Crippen LogP contribution in [0.1, 0.15) is 52.9 Å². The van der Waals surface area contributed by atoms with Crippen LogP contribution in [0.3, 0.4) is 0 Å². The maximum atomic E-state index is 12.0. The van der Waals surface area contributed by atoms with E-state index in [0.717, 1.165) is 18.8 Å². The molecule has 1 unspecified atom stereocenters. The third-order valence-corrected chi connectivity index (χ3v) is 5.50. The molecular weight excluding hydrogens is 206 g/mol. The molecule has 90 valence electrons. The molecule has 0 spiro atoms. The van der Waals surface area contributed by atoms with E-state index in [2.05, 4.69) is 6.92 Å². The molecule has 0 bridgehead atoms. The zero-order valence-corrected chi connectivity index (χ0v) is 11.1. The molecule has 0 radical (unpaired) electrons. The van der Waals surface area contributed by atoms with Crippen LogP contribution in [0.15, 0.2) is 0 Å². The van der Waals surface area contributed by atoms with Crippen molar-refractivity contribution in [3.05, 3.63) is 0 Å². The van der Waals surface area contributed by atoms with Crippen LogP contribution in [0, 0.1) is 5.92 Å². The third kappa shape index (κ3) is 4.64. The van der Waals surface area contributed by atoms with E-state index in [4.69, 9.17) is 5.73 Å². The van der Waals surface area contributed by atoms with Crippen LogP contribution in [-0.2, 0) is 10.8 Å². The summed E-state index contributed by atoms with van der Waals surface area (Å²) in [5.74, 6) is 1.53. The highest BCUT2D eigenvalue weighted by Gasteiger charge is 2.27. The van der Waals surface area contributed by atoms with Crippen molar-refractivity contribution in [1.29, 1.82) is 0 Å². The summed E-state index contributed by atoms with van der Waals surface area (Å²) in [7, 11) is -0.718. The predicted octanol–water partition coefficient (Wildman–Crippen LogP) is 2.44. The summed E-state index contributed by atoms with van der Waals surface area (Å²) in [6, 6.07) is 0. The Morgan fingerprint density at radius 1 is 1.27 bits per heavy atom. The first-order chi connectivity index (χ1) is 6.92. The summed E-state index contributed by atoms with van der Waals surface area (Å²) >= 11 is 0.